The minimum absolute atomic E-state index is 0.559. The van der Waals surface area contributed by atoms with Crippen molar-refractivity contribution >= 4 is 0 Å². The molecular formula is C11H16N6. The first-order chi connectivity index (χ1) is 8.20. The van der Waals surface area contributed by atoms with Gasteiger partial charge in [0.1, 0.15) is 11.6 Å². The first-order valence-electron chi connectivity index (χ1n) is 5.63. The summed E-state index contributed by atoms with van der Waals surface area (Å²) in [6.45, 7) is 7.52. The Morgan fingerprint density at radius 3 is 2.47 bits per heavy atom. The molecule has 6 nitrogen and oxygen atoms in total. The standard InChI is InChI=1S/C11H16N6/c1-4-12-5-10-6-13-11(14-7-10)17-9(3)15-8(2)16-17/h6-7,12H,4-5H2,1-3H3. The van der Waals surface area contributed by atoms with Crippen LogP contribution in [0.2, 0.25) is 0 Å². The van der Waals surface area contributed by atoms with Gasteiger partial charge in [0.15, 0.2) is 0 Å². The molecular weight excluding hydrogens is 216 g/mol. The van der Waals surface area contributed by atoms with E-state index in [2.05, 4.69) is 32.3 Å². The lowest BCUT2D eigenvalue weighted by Gasteiger charge is -2.03. The second-order valence-corrected chi connectivity index (χ2v) is 3.79. The lowest BCUT2D eigenvalue weighted by Crippen LogP contribution is -2.13. The zero-order valence-electron chi connectivity index (χ0n) is 10.3. The Kier molecular flexibility index (Phi) is 3.43. The summed E-state index contributed by atoms with van der Waals surface area (Å²) in [6.07, 6.45) is 3.61. The van der Waals surface area contributed by atoms with Gasteiger partial charge in [-0.3, -0.25) is 0 Å². The van der Waals surface area contributed by atoms with Gasteiger partial charge in [0.25, 0.3) is 5.95 Å². The lowest BCUT2D eigenvalue weighted by atomic mass is 10.3. The predicted octanol–water partition coefficient (Wildman–Crippen LogP) is 0.784. The predicted molar refractivity (Wildman–Crippen MR) is 63.8 cm³/mol. The molecule has 0 aliphatic rings. The maximum absolute atomic E-state index is 4.29. The summed E-state index contributed by atoms with van der Waals surface area (Å²) < 4.78 is 1.65. The van der Waals surface area contributed by atoms with Gasteiger partial charge in [-0.05, 0) is 20.4 Å². The van der Waals surface area contributed by atoms with E-state index in [1.807, 2.05) is 13.8 Å². The Morgan fingerprint density at radius 1 is 1.24 bits per heavy atom. The minimum atomic E-state index is 0.559. The number of aryl methyl sites for hydroxylation is 2. The summed E-state index contributed by atoms with van der Waals surface area (Å²) >= 11 is 0. The molecule has 0 saturated carbocycles. The van der Waals surface area contributed by atoms with Crippen LogP contribution >= 0.6 is 0 Å². The Hall–Kier alpha value is -1.82. The molecule has 0 aromatic carbocycles. The quantitative estimate of drug-likeness (QED) is 0.843. The van der Waals surface area contributed by atoms with E-state index < -0.39 is 0 Å². The van der Waals surface area contributed by atoms with Crippen molar-refractivity contribution in [2.45, 2.75) is 27.3 Å². The summed E-state index contributed by atoms with van der Waals surface area (Å²) in [4.78, 5) is 12.8. The number of hydrogen-bond donors (Lipinski definition) is 1. The van der Waals surface area contributed by atoms with Gasteiger partial charge in [-0.1, -0.05) is 6.92 Å². The van der Waals surface area contributed by atoms with E-state index in [0.29, 0.717) is 5.95 Å². The van der Waals surface area contributed by atoms with Crippen molar-refractivity contribution in [3.05, 3.63) is 29.6 Å². The Bertz CT molecular complexity index is 487. The first-order valence-corrected chi connectivity index (χ1v) is 5.63. The molecule has 17 heavy (non-hydrogen) atoms. The zero-order chi connectivity index (χ0) is 12.3. The molecule has 0 aliphatic heterocycles. The molecule has 0 aliphatic carbocycles. The van der Waals surface area contributed by atoms with Crippen LogP contribution in [0.1, 0.15) is 24.1 Å². The molecule has 0 saturated heterocycles. The third-order valence-corrected chi connectivity index (χ3v) is 2.34. The van der Waals surface area contributed by atoms with Gasteiger partial charge in [0.05, 0.1) is 0 Å². The van der Waals surface area contributed by atoms with E-state index >= 15 is 0 Å². The molecule has 90 valence electrons. The fourth-order valence-corrected chi connectivity index (χ4v) is 1.53. The maximum atomic E-state index is 4.29. The molecule has 0 bridgehead atoms. The molecule has 0 radical (unpaired) electrons. The molecule has 2 aromatic rings. The number of hydrogen-bond acceptors (Lipinski definition) is 5. The minimum Gasteiger partial charge on any atom is -0.313 e. The molecule has 0 fully saturated rings. The highest BCUT2D eigenvalue weighted by Crippen LogP contribution is 2.04. The van der Waals surface area contributed by atoms with Crippen molar-refractivity contribution in [2.24, 2.45) is 0 Å². The summed E-state index contributed by atoms with van der Waals surface area (Å²) in [7, 11) is 0. The Balaban J connectivity index is 2.20. The molecule has 2 heterocycles. The highest BCUT2D eigenvalue weighted by Gasteiger charge is 2.07. The van der Waals surface area contributed by atoms with E-state index in [0.717, 1.165) is 30.3 Å². The van der Waals surface area contributed by atoms with Crippen LogP contribution in [-0.4, -0.2) is 31.3 Å². The lowest BCUT2D eigenvalue weighted by molar-refractivity contribution is 0.712. The number of rotatable bonds is 4. The van der Waals surface area contributed by atoms with Crippen LogP contribution in [-0.2, 0) is 6.54 Å². The maximum Gasteiger partial charge on any atom is 0.252 e. The summed E-state index contributed by atoms with van der Waals surface area (Å²) in [5.41, 5.74) is 1.06. The van der Waals surface area contributed by atoms with Crippen molar-refractivity contribution in [2.75, 3.05) is 6.54 Å². The van der Waals surface area contributed by atoms with E-state index in [9.17, 15) is 0 Å². The molecule has 0 atom stereocenters. The molecule has 0 spiro atoms. The number of nitrogens with zero attached hydrogens (tertiary/aromatic N) is 5. The van der Waals surface area contributed by atoms with Crippen LogP contribution in [0.3, 0.4) is 0 Å². The fraction of sp³-hybridized carbons (Fsp3) is 0.455. The molecule has 6 heteroatoms. The van der Waals surface area contributed by atoms with Crippen LogP contribution in [0.4, 0.5) is 0 Å². The normalized spacial score (nSPS) is 10.8. The second-order valence-electron chi connectivity index (χ2n) is 3.79. The smallest absolute Gasteiger partial charge is 0.252 e. The highest BCUT2D eigenvalue weighted by atomic mass is 15.4. The molecule has 2 aromatic heterocycles. The molecule has 2 rings (SSSR count). The van der Waals surface area contributed by atoms with Gasteiger partial charge in [-0.25, -0.2) is 15.0 Å². The van der Waals surface area contributed by atoms with Crippen LogP contribution in [0, 0.1) is 13.8 Å². The van der Waals surface area contributed by atoms with E-state index in [4.69, 9.17) is 0 Å². The molecule has 1 N–H and O–H groups in total. The van der Waals surface area contributed by atoms with Gasteiger partial charge in [0, 0.05) is 24.5 Å². The van der Waals surface area contributed by atoms with Crippen LogP contribution in [0.15, 0.2) is 12.4 Å². The van der Waals surface area contributed by atoms with Crippen LogP contribution in [0.5, 0.6) is 0 Å². The van der Waals surface area contributed by atoms with Crippen LogP contribution < -0.4 is 5.32 Å². The first kappa shape index (κ1) is 11.7. The Morgan fingerprint density at radius 2 is 1.94 bits per heavy atom. The zero-order valence-corrected chi connectivity index (χ0v) is 10.3. The number of aromatic nitrogens is 5. The average Bonchev–Trinajstić information content (AvgIpc) is 2.66. The molecule has 0 amide bonds. The van der Waals surface area contributed by atoms with Crippen molar-refractivity contribution in [3.63, 3.8) is 0 Å². The third kappa shape index (κ3) is 2.65. The summed E-state index contributed by atoms with van der Waals surface area (Å²) in [6, 6.07) is 0. The highest BCUT2D eigenvalue weighted by molar-refractivity contribution is 5.15. The Labute approximate surface area is 100 Å². The van der Waals surface area contributed by atoms with Crippen molar-refractivity contribution in [1.29, 1.82) is 0 Å². The van der Waals surface area contributed by atoms with Gasteiger partial charge >= 0.3 is 0 Å². The van der Waals surface area contributed by atoms with Gasteiger partial charge in [0.2, 0.25) is 0 Å². The monoisotopic (exact) mass is 232 g/mol. The third-order valence-electron chi connectivity index (χ3n) is 2.34. The van der Waals surface area contributed by atoms with Gasteiger partial charge in [-0.2, -0.15) is 4.68 Å². The summed E-state index contributed by atoms with van der Waals surface area (Å²) in [5, 5.41) is 7.46. The van der Waals surface area contributed by atoms with E-state index in [-0.39, 0.29) is 0 Å². The SMILES string of the molecule is CCNCc1cnc(-n2nc(C)nc2C)nc1. The second kappa shape index (κ2) is 5.01. The van der Waals surface area contributed by atoms with E-state index in [1.165, 1.54) is 0 Å². The fourth-order valence-electron chi connectivity index (χ4n) is 1.53. The van der Waals surface area contributed by atoms with Crippen molar-refractivity contribution in [3.8, 4) is 5.95 Å². The summed E-state index contributed by atoms with van der Waals surface area (Å²) in [5.74, 6) is 2.08. The van der Waals surface area contributed by atoms with Gasteiger partial charge in [-0.15, -0.1) is 5.10 Å². The van der Waals surface area contributed by atoms with Gasteiger partial charge < -0.3 is 5.32 Å². The molecule has 0 unspecified atom stereocenters. The van der Waals surface area contributed by atoms with E-state index in [1.54, 1.807) is 17.1 Å². The largest absolute Gasteiger partial charge is 0.313 e. The number of nitrogens with one attached hydrogen (secondary N) is 1. The topological polar surface area (TPSA) is 68.5 Å². The van der Waals surface area contributed by atoms with Crippen molar-refractivity contribution in [1.82, 2.24) is 30.0 Å². The van der Waals surface area contributed by atoms with Crippen LogP contribution in [0.25, 0.3) is 5.95 Å². The van der Waals surface area contributed by atoms with Crippen molar-refractivity contribution < 1.29 is 0 Å². The average molecular weight is 232 g/mol.